The number of benzene rings is 1. The summed E-state index contributed by atoms with van der Waals surface area (Å²) in [6.45, 7) is 6.08. The fourth-order valence-electron chi connectivity index (χ4n) is 2.23. The van der Waals surface area contributed by atoms with Gasteiger partial charge < -0.3 is 14.2 Å². The van der Waals surface area contributed by atoms with Crippen molar-refractivity contribution in [1.82, 2.24) is 0 Å². The van der Waals surface area contributed by atoms with E-state index in [1.54, 1.807) is 12.1 Å². The Labute approximate surface area is 113 Å². The van der Waals surface area contributed by atoms with Crippen molar-refractivity contribution < 1.29 is 19.0 Å². The molecule has 0 N–H and O–H groups in total. The summed E-state index contributed by atoms with van der Waals surface area (Å²) < 4.78 is 16.6. The molecular weight excluding hydrogens is 244 g/mol. The molecule has 1 fully saturated rings. The lowest BCUT2D eigenvalue weighted by Crippen LogP contribution is -2.23. The van der Waals surface area contributed by atoms with Gasteiger partial charge in [-0.25, -0.2) is 4.79 Å². The SMILES string of the molecule is C[C@@H]1OC(C)(C)O[C@H]1CCOC(=O)c1ccccc1. The summed E-state index contributed by atoms with van der Waals surface area (Å²) in [6.07, 6.45) is 0.632. The van der Waals surface area contributed by atoms with Crippen LogP contribution in [0.5, 0.6) is 0 Å². The van der Waals surface area contributed by atoms with Crippen molar-refractivity contribution in [2.45, 2.75) is 45.2 Å². The zero-order chi connectivity index (χ0) is 13.9. The smallest absolute Gasteiger partial charge is 0.338 e. The van der Waals surface area contributed by atoms with Crippen molar-refractivity contribution >= 4 is 5.97 Å². The lowest BCUT2D eigenvalue weighted by molar-refractivity contribution is -0.145. The number of carbonyl (C=O) groups excluding carboxylic acids is 1. The first-order valence-corrected chi connectivity index (χ1v) is 6.56. The molecule has 1 saturated heterocycles. The Morgan fingerprint density at radius 2 is 1.95 bits per heavy atom. The van der Waals surface area contributed by atoms with E-state index in [0.717, 1.165) is 0 Å². The van der Waals surface area contributed by atoms with Crippen molar-refractivity contribution in [2.24, 2.45) is 0 Å². The van der Waals surface area contributed by atoms with Crippen molar-refractivity contribution in [3.05, 3.63) is 35.9 Å². The van der Waals surface area contributed by atoms with Gasteiger partial charge in [0, 0.05) is 6.42 Å². The number of carbonyl (C=O) groups is 1. The van der Waals surface area contributed by atoms with Gasteiger partial charge in [0.2, 0.25) is 0 Å². The van der Waals surface area contributed by atoms with Crippen LogP contribution in [0.3, 0.4) is 0 Å². The van der Waals surface area contributed by atoms with Gasteiger partial charge >= 0.3 is 5.97 Å². The predicted octanol–water partition coefficient (Wildman–Crippen LogP) is 2.77. The minimum atomic E-state index is -0.548. The van der Waals surface area contributed by atoms with Gasteiger partial charge in [-0.15, -0.1) is 0 Å². The largest absolute Gasteiger partial charge is 0.462 e. The molecule has 0 saturated carbocycles. The van der Waals surface area contributed by atoms with Crippen LogP contribution in [0.1, 0.15) is 37.6 Å². The fourth-order valence-corrected chi connectivity index (χ4v) is 2.23. The van der Waals surface area contributed by atoms with Crippen molar-refractivity contribution in [2.75, 3.05) is 6.61 Å². The molecule has 0 unspecified atom stereocenters. The molecule has 1 aliphatic rings. The molecule has 1 aliphatic heterocycles. The molecule has 0 aliphatic carbocycles. The number of hydrogen-bond acceptors (Lipinski definition) is 4. The van der Waals surface area contributed by atoms with E-state index in [1.165, 1.54) is 0 Å². The molecule has 2 atom stereocenters. The van der Waals surface area contributed by atoms with Gasteiger partial charge in [0.15, 0.2) is 5.79 Å². The first-order chi connectivity index (χ1) is 8.98. The van der Waals surface area contributed by atoms with E-state index < -0.39 is 5.79 Å². The van der Waals surface area contributed by atoms with Gasteiger partial charge in [0.25, 0.3) is 0 Å². The van der Waals surface area contributed by atoms with Gasteiger partial charge in [-0.05, 0) is 32.9 Å². The Bertz CT molecular complexity index is 427. The summed E-state index contributed by atoms with van der Waals surface area (Å²) >= 11 is 0. The Morgan fingerprint density at radius 3 is 2.53 bits per heavy atom. The average molecular weight is 264 g/mol. The second-order valence-electron chi connectivity index (χ2n) is 5.17. The molecule has 1 heterocycles. The third kappa shape index (κ3) is 3.78. The van der Waals surface area contributed by atoms with E-state index in [-0.39, 0.29) is 18.2 Å². The van der Waals surface area contributed by atoms with Gasteiger partial charge in [-0.3, -0.25) is 0 Å². The van der Waals surface area contributed by atoms with Gasteiger partial charge in [0.1, 0.15) is 0 Å². The molecule has 0 aromatic heterocycles. The Morgan fingerprint density at radius 1 is 1.26 bits per heavy atom. The summed E-state index contributed by atoms with van der Waals surface area (Å²) in [4.78, 5) is 11.7. The zero-order valence-electron chi connectivity index (χ0n) is 11.6. The van der Waals surface area contributed by atoms with Crippen molar-refractivity contribution in [3.8, 4) is 0 Å². The average Bonchev–Trinajstić information content (AvgIpc) is 2.63. The maximum Gasteiger partial charge on any atom is 0.338 e. The van der Waals surface area contributed by atoms with Crippen LogP contribution in [0.2, 0.25) is 0 Å². The van der Waals surface area contributed by atoms with Crippen molar-refractivity contribution in [3.63, 3.8) is 0 Å². The van der Waals surface area contributed by atoms with Crippen LogP contribution < -0.4 is 0 Å². The summed E-state index contributed by atoms with van der Waals surface area (Å²) in [5, 5.41) is 0. The standard InChI is InChI=1S/C15H20O4/c1-11-13(19-15(2,3)18-11)9-10-17-14(16)12-7-5-4-6-8-12/h4-8,11,13H,9-10H2,1-3H3/t11-,13-/m0/s1. The topological polar surface area (TPSA) is 44.8 Å². The van der Waals surface area contributed by atoms with Gasteiger partial charge in [-0.2, -0.15) is 0 Å². The van der Waals surface area contributed by atoms with Gasteiger partial charge in [-0.1, -0.05) is 18.2 Å². The molecule has 2 rings (SSSR count). The van der Waals surface area contributed by atoms with E-state index in [9.17, 15) is 4.79 Å². The van der Waals surface area contributed by atoms with E-state index in [2.05, 4.69) is 0 Å². The van der Waals surface area contributed by atoms with Crippen LogP contribution in [0.15, 0.2) is 30.3 Å². The highest BCUT2D eigenvalue weighted by atomic mass is 16.7. The highest BCUT2D eigenvalue weighted by Crippen LogP contribution is 2.29. The third-order valence-corrected chi connectivity index (χ3v) is 3.07. The highest BCUT2D eigenvalue weighted by molar-refractivity contribution is 5.89. The lowest BCUT2D eigenvalue weighted by atomic mass is 10.2. The Kier molecular flexibility index (Phi) is 4.22. The molecule has 1 aromatic carbocycles. The lowest BCUT2D eigenvalue weighted by Gasteiger charge is -2.16. The van der Waals surface area contributed by atoms with E-state index >= 15 is 0 Å². The summed E-state index contributed by atoms with van der Waals surface area (Å²) in [7, 11) is 0. The van der Waals surface area contributed by atoms with Crippen LogP contribution in [0.4, 0.5) is 0 Å². The molecular formula is C15H20O4. The summed E-state index contributed by atoms with van der Waals surface area (Å²) in [5.41, 5.74) is 0.569. The zero-order valence-corrected chi connectivity index (χ0v) is 11.6. The normalized spacial score (nSPS) is 25.2. The molecule has 0 spiro atoms. The molecule has 104 valence electrons. The molecule has 0 amide bonds. The summed E-state index contributed by atoms with van der Waals surface area (Å²) in [5.74, 6) is -0.848. The number of hydrogen-bond donors (Lipinski definition) is 0. The van der Waals surface area contributed by atoms with Crippen LogP contribution >= 0.6 is 0 Å². The van der Waals surface area contributed by atoms with Crippen LogP contribution in [-0.4, -0.2) is 30.6 Å². The summed E-state index contributed by atoms with van der Waals surface area (Å²) in [6, 6.07) is 8.97. The molecule has 0 radical (unpaired) electrons. The first-order valence-electron chi connectivity index (χ1n) is 6.56. The van der Waals surface area contributed by atoms with Crippen LogP contribution in [0, 0.1) is 0 Å². The quantitative estimate of drug-likeness (QED) is 0.784. The molecule has 19 heavy (non-hydrogen) atoms. The number of rotatable bonds is 4. The second kappa shape index (κ2) is 5.72. The van der Waals surface area contributed by atoms with Crippen LogP contribution in [-0.2, 0) is 14.2 Å². The Hall–Kier alpha value is -1.39. The first kappa shape index (κ1) is 14.0. The molecule has 4 nitrogen and oxygen atoms in total. The Balaban J connectivity index is 1.77. The predicted molar refractivity (Wildman–Crippen MR) is 70.8 cm³/mol. The molecule has 1 aromatic rings. The minimum Gasteiger partial charge on any atom is -0.462 e. The molecule has 4 heteroatoms. The maximum absolute atomic E-state index is 11.7. The monoisotopic (exact) mass is 264 g/mol. The van der Waals surface area contributed by atoms with E-state index in [1.807, 2.05) is 39.0 Å². The fraction of sp³-hybridized carbons (Fsp3) is 0.533. The van der Waals surface area contributed by atoms with E-state index in [0.29, 0.717) is 18.6 Å². The maximum atomic E-state index is 11.7. The number of ether oxygens (including phenoxy) is 3. The second-order valence-corrected chi connectivity index (χ2v) is 5.17. The van der Waals surface area contributed by atoms with Crippen molar-refractivity contribution in [1.29, 1.82) is 0 Å². The molecule has 0 bridgehead atoms. The van der Waals surface area contributed by atoms with Gasteiger partial charge in [0.05, 0.1) is 24.4 Å². The van der Waals surface area contributed by atoms with E-state index in [4.69, 9.17) is 14.2 Å². The minimum absolute atomic E-state index is 0.0189. The number of esters is 1. The van der Waals surface area contributed by atoms with Crippen LogP contribution in [0.25, 0.3) is 0 Å². The highest BCUT2D eigenvalue weighted by Gasteiger charge is 2.38. The third-order valence-electron chi connectivity index (χ3n) is 3.07.